The van der Waals surface area contributed by atoms with E-state index in [1.807, 2.05) is 18.2 Å². The first-order valence-corrected chi connectivity index (χ1v) is 15.7. The van der Waals surface area contributed by atoms with Crippen LogP contribution in [0, 0.1) is 11.8 Å². The predicted octanol–water partition coefficient (Wildman–Crippen LogP) is 6.34. The maximum Gasteiger partial charge on any atom is 0.424 e. The number of aromatic nitrogens is 2. The van der Waals surface area contributed by atoms with Gasteiger partial charge in [0, 0.05) is 42.7 Å². The van der Waals surface area contributed by atoms with Crippen LogP contribution in [0.1, 0.15) is 77.0 Å². The molecule has 10 heteroatoms. The van der Waals surface area contributed by atoms with E-state index in [-0.39, 0.29) is 17.3 Å². The largest absolute Gasteiger partial charge is 0.464 e. The average molecular weight is 610 g/mol. The molecule has 4 heterocycles. The summed E-state index contributed by atoms with van der Waals surface area (Å²) in [6.07, 6.45) is 7.70. The second-order valence-corrected chi connectivity index (χ2v) is 13.2. The minimum atomic E-state index is -1.49. The first-order valence-electron chi connectivity index (χ1n) is 15.7. The summed E-state index contributed by atoms with van der Waals surface area (Å²) >= 11 is 0. The number of rotatable bonds is 4. The van der Waals surface area contributed by atoms with E-state index in [4.69, 9.17) is 4.74 Å². The van der Waals surface area contributed by atoms with E-state index < -0.39 is 23.2 Å². The van der Waals surface area contributed by atoms with Crippen LogP contribution >= 0.6 is 0 Å². The number of pyridine rings is 2. The Hall–Kier alpha value is -4.49. The van der Waals surface area contributed by atoms with Gasteiger partial charge in [0.1, 0.15) is 11.3 Å². The fourth-order valence-corrected chi connectivity index (χ4v) is 6.66. The van der Waals surface area contributed by atoms with Crippen molar-refractivity contribution in [1.29, 1.82) is 0 Å². The molecule has 2 aromatic heterocycles. The van der Waals surface area contributed by atoms with Gasteiger partial charge in [-0.1, -0.05) is 24.8 Å². The molecule has 0 radical (unpaired) electrons. The van der Waals surface area contributed by atoms with Gasteiger partial charge in [-0.15, -0.1) is 0 Å². The van der Waals surface area contributed by atoms with Gasteiger partial charge in [-0.3, -0.25) is 9.78 Å². The monoisotopic (exact) mass is 609 g/mol. The maximum absolute atomic E-state index is 13.3. The van der Waals surface area contributed by atoms with Crippen LogP contribution in [-0.4, -0.2) is 70.4 Å². The van der Waals surface area contributed by atoms with Gasteiger partial charge in [-0.25, -0.2) is 14.6 Å². The zero-order chi connectivity index (χ0) is 31.9. The highest BCUT2D eigenvalue weighted by molar-refractivity contribution is 6.13. The van der Waals surface area contributed by atoms with E-state index in [0.717, 1.165) is 66.6 Å². The lowest BCUT2D eigenvalue weighted by molar-refractivity contribution is -0.125. The van der Waals surface area contributed by atoms with Crippen molar-refractivity contribution in [3.05, 3.63) is 47.9 Å². The summed E-state index contributed by atoms with van der Waals surface area (Å²) in [6, 6.07) is 7.39. The molecule has 1 saturated heterocycles. The van der Waals surface area contributed by atoms with Crippen molar-refractivity contribution in [3.8, 4) is 23.0 Å². The number of nitrogens with zero attached hydrogens (tertiary/aromatic N) is 5. The molecule has 234 valence electrons. The first-order chi connectivity index (χ1) is 21.5. The minimum Gasteiger partial charge on any atom is -0.464 e. The molecule has 3 amide bonds. The number of amides is 3. The van der Waals surface area contributed by atoms with Gasteiger partial charge >= 0.3 is 12.2 Å². The van der Waals surface area contributed by atoms with Crippen molar-refractivity contribution in [2.45, 2.75) is 76.7 Å². The van der Waals surface area contributed by atoms with Crippen LogP contribution in [0.3, 0.4) is 0 Å². The van der Waals surface area contributed by atoms with Crippen molar-refractivity contribution in [3.63, 3.8) is 0 Å². The van der Waals surface area contributed by atoms with Crippen molar-refractivity contribution < 1.29 is 24.2 Å². The van der Waals surface area contributed by atoms with Crippen LogP contribution in [0.15, 0.2) is 36.7 Å². The Kier molecular flexibility index (Phi) is 8.00. The Labute approximate surface area is 263 Å². The summed E-state index contributed by atoms with van der Waals surface area (Å²) in [6.45, 7) is 7.98. The first kappa shape index (κ1) is 30.5. The quantitative estimate of drug-likeness (QED) is 0.341. The molecular formula is C35H39N5O5. The SMILES string of the molecule is CN1C(=O)C2(CCC2)c2c1cnc1ccc(-c3cnc(C#CCCN4CCCCC4)c(N(C(=O)O)C(=O)OC(C)(C)C)c3)cc21. The standard InChI is InChI=1S/C35H39N5O5/c1-34(2,3)45-33(44)40(32(42)43)28-20-24(21-36-27(28)11-6-9-18-39-16-7-5-8-17-39)23-12-13-26-25(19-23)30-29(22-37-26)38(4)31(41)35(30)14-10-15-35/h12-13,19-22H,5,7-10,14-18H2,1-4H3,(H,42,43). The van der Waals surface area contributed by atoms with Crippen LogP contribution in [0.25, 0.3) is 22.0 Å². The highest BCUT2D eigenvalue weighted by atomic mass is 16.6. The second kappa shape index (κ2) is 11.8. The van der Waals surface area contributed by atoms with E-state index >= 15 is 0 Å². The molecule has 3 aliphatic rings. The number of imide groups is 1. The molecule has 1 saturated carbocycles. The number of ether oxygens (including phenoxy) is 1. The average Bonchev–Trinajstić information content (AvgIpc) is 3.22. The number of benzene rings is 1. The van der Waals surface area contributed by atoms with E-state index in [2.05, 4.69) is 26.7 Å². The molecule has 0 atom stereocenters. The summed E-state index contributed by atoms with van der Waals surface area (Å²) in [5, 5.41) is 11.1. The highest BCUT2D eigenvalue weighted by Crippen LogP contribution is 2.55. The third kappa shape index (κ3) is 5.73. The molecule has 3 aromatic rings. The van der Waals surface area contributed by atoms with Gasteiger partial charge in [0.15, 0.2) is 0 Å². The summed E-state index contributed by atoms with van der Waals surface area (Å²) in [5.41, 5.74) is 2.70. The van der Waals surface area contributed by atoms with Crippen molar-refractivity contribution >= 4 is 40.4 Å². The number of hydrogen-bond donors (Lipinski definition) is 1. The lowest BCUT2D eigenvalue weighted by atomic mass is 9.64. The predicted molar refractivity (Wildman–Crippen MR) is 172 cm³/mol. The molecule has 1 aromatic carbocycles. The van der Waals surface area contributed by atoms with Gasteiger partial charge < -0.3 is 19.6 Å². The highest BCUT2D eigenvalue weighted by Gasteiger charge is 2.54. The van der Waals surface area contributed by atoms with Crippen LogP contribution in [-0.2, 0) is 14.9 Å². The van der Waals surface area contributed by atoms with Crippen molar-refractivity contribution in [2.75, 3.05) is 36.5 Å². The van der Waals surface area contributed by atoms with E-state index in [1.54, 1.807) is 51.2 Å². The Morgan fingerprint density at radius 2 is 1.80 bits per heavy atom. The van der Waals surface area contributed by atoms with Crippen LogP contribution < -0.4 is 9.80 Å². The fraction of sp³-hybridized carbons (Fsp3) is 0.457. The molecular weight excluding hydrogens is 570 g/mol. The summed E-state index contributed by atoms with van der Waals surface area (Å²) in [4.78, 5) is 52.9. The van der Waals surface area contributed by atoms with Crippen LogP contribution in [0.4, 0.5) is 21.0 Å². The molecule has 1 aliphatic carbocycles. The van der Waals surface area contributed by atoms with Crippen LogP contribution in [0.2, 0.25) is 0 Å². The topological polar surface area (TPSA) is 116 Å². The van der Waals surface area contributed by atoms with Gasteiger partial charge in [-0.05, 0) is 89.2 Å². The van der Waals surface area contributed by atoms with Gasteiger partial charge in [-0.2, -0.15) is 4.90 Å². The number of anilines is 2. The molecule has 0 unspecified atom stereocenters. The Bertz CT molecular complexity index is 1740. The lowest BCUT2D eigenvalue weighted by Crippen LogP contribution is -2.43. The minimum absolute atomic E-state index is 0.0293. The Morgan fingerprint density at radius 1 is 1.04 bits per heavy atom. The zero-order valence-corrected chi connectivity index (χ0v) is 26.4. The molecule has 1 N–H and O–H groups in total. The number of likely N-dealkylation sites (tertiary alicyclic amines) is 1. The van der Waals surface area contributed by atoms with Gasteiger partial charge in [0.25, 0.3) is 0 Å². The summed E-state index contributed by atoms with van der Waals surface area (Å²) in [7, 11) is 1.80. The third-order valence-electron chi connectivity index (χ3n) is 9.03. The number of carbonyl (C=O) groups excluding carboxylic acids is 2. The van der Waals surface area contributed by atoms with Gasteiger partial charge in [0.05, 0.1) is 28.5 Å². The van der Waals surface area contributed by atoms with Crippen LogP contribution in [0.5, 0.6) is 0 Å². The Morgan fingerprint density at radius 3 is 2.47 bits per heavy atom. The molecule has 6 rings (SSSR count). The number of fused-ring (bicyclic) bond motifs is 4. The third-order valence-corrected chi connectivity index (χ3v) is 9.03. The fourth-order valence-electron chi connectivity index (χ4n) is 6.66. The molecule has 10 nitrogen and oxygen atoms in total. The number of carbonyl (C=O) groups is 3. The second-order valence-electron chi connectivity index (χ2n) is 13.2. The number of piperidine rings is 1. The molecule has 1 spiro atoms. The smallest absolute Gasteiger partial charge is 0.424 e. The molecule has 2 aliphatic heterocycles. The summed E-state index contributed by atoms with van der Waals surface area (Å²) in [5.74, 6) is 6.27. The van der Waals surface area contributed by atoms with E-state index in [1.165, 1.54) is 19.3 Å². The van der Waals surface area contributed by atoms with Crippen molar-refractivity contribution in [2.24, 2.45) is 0 Å². The van der Waals surface area contributed by atoms with E-state index in [0.29, 0.717) is 16.9 Å². The lowest BCUT2D eigenvalue weighted by Gasteiger charge is -2.37. The maximum atomic E-state index is 13.3. The number of hydrogen-bond acceptors (Lipinski definition) is 7. The molecule has 2 fully saturated rings. The Balaban J connectivity index is 1.41. The summed E-state index contributed by atoms with van der Waals surface area (Å²) < 4.78 is 5.47. The number of carboxylic acid groups (broad SMARTS) is 1. The number of likely N-dealkylation sites (N-methyl/N-ethyl adjacent to an activating group) is 1. The van der Waals surface area contributed by atoms with E-state index in [9.17, 15) is 19.5 Å². The van der Waals surface area contributed by atoms with Gasteiger partial charge in [0.2, 0.25) is 5.91 Å². The normalized spacial score (nSPS) is 17.4. The molecule has 0 bridgehead atoms. The molecule has 45 heavy (non-hydrogen) atoms. The van der Waals surface area contributed by atoms with Crippen molar-refractivity contribution in [1.82, 2.24) is 14.9 Å². The zero-order valence-electron chi connectivity index (χ0n) is 26.4.